The van der Waals surface area contributed by atoms with E-state index in [1.807, 2.05) is 12.1 Å². The largest absolute Gasteiger partial charge is 0.368 e. The van der Waals surface area contributed by atoms with E-state index in [0.717, 1.165) is 10.2 Å². The van der Waals surface area contributed by atoms with E-state index < -0.39 is 0 Å². The third-order valence-corrected chi connectivity index (χ3v) is 3.97. The van der Waals surface area contributed by atoms with Crippen molar-refractivity contribution in [1.82, 2.24) is 24.5 Å². The summed E-state index contributed by atoms with van der Waals surface area (Å²) < 4.78 is 2.35. The van der Waals surface area contributed by atoms with Gasteiger partial charge < -0.3 is 11.1 Å². The summed E-state index contributed by atoms with van der Waals surface area (Å²) in [4.78, 5) is 16.3. The number of anilines is 3. The van der Waals surface area contributed by atoms with Gasteiger partial charge in [-0.1, -0.05) is 17.7 Å². The van der Waals surface area contributed by atoms with Crippen LogP contribution in [0.1, 0.15) is 0 Å². The molecule has 1 aromatic carbocycles. The van der Waals surface area contributed by atoms with Crippen LogP contribution < -0.4 is 11.1 Å². The van der Waals surface area contributed by atoms with Crippen LogP contribution in [0.2, 0.25) is 5.02 Å². The zero-order chi connectivity index (χ0) is 14.8. The van der Waals surface area contributed by atoms with Crippen LogP contribution in [0.15, 0.2) is 41.4 Å². The number of nitrogens with two attached hydrogens (primary N) is 1. The van der Waals surface area contributed by atoms with Crippen molar-refractivity contribution in [3.63, 3.8) is 0 Å². The van der Waals surface area contributed by atoms with Crippen LogP contribution in [-0.2, 0) is 0 Å². The van der Waals surface area contributed by atoms with E-state index in [-0.39, 0.29) is 5.95 Å². The van der Waals surface area contributed by atoms with Crippen LogP contribution in [0.4, 0.5) is 17.6 Å². The van der Waals surface area contributed by atoms with E-state index >= 15 is 0 Å². The molecule has 0 radical (unpaired) electrons. The molecule has 0 saturated carbocycles. The van der Waals surface area contributed by atoms with Crippen LogP contribution in [0.25, 0.3) is 5.95 Å². The minimum absolute atomic E-state index is 0.106. The minimum Gasteiger partial charge on any atom is -0.368 e. The number of nitrogens with zero attached hydrogens (tertiary/aromatic N) is 5. The van der Waals surface area contributed by atoms with Gasteiger partial charge in [0.05, 0.1) is 15.2 Å². The van der Waals surface area contributed by atoms with E-state index in [2.05, 4.69) is 41.2 Å². The Morgan fingerprint density at radius 2 is 2.10 bits per heavy atom. The summed E-state index contributed by atoms with van der Waals surface area (Å²) in [6.45, 7) is 0. The Bertz CT molecular complexity index is 775. The number of nitrogens with one attached hydrogen (secondary N) is 1. The molecule has 0 unspecified atom stereocenters. The molecule has 21 heavy (non-hydrogen) atoms. The van der Waals surface area contributed by atoms with Crippen molar-refractivity contribution >= 4 is 45.1 Å². The molecule has 9 heteroatoms. The minimum atomic E-state index is 0.106. The van der Waals surface area contributed by atoms with Gasteiger partial charge in [0.1, 0.15) is 6.33 Å². The molecule has 2 heterocycles. The summed E-state index contributed by atoms with van der Waals surface area (Å²) in [7, 11) is 0. The number of hydrogen-bond acceptors (Lipinski definition) is 6. The lowest BCUT2D eigenvalue weighted by atomic mass is 10.3. The van der Waals surface area contributed by atoms with Crippen molar-refractivity contribution < 1.29 is 0 Å². The van der Waals surface area contributed by atoms with Gasteiger partial charge in [-0.3, -0.25) is 4.57 Å². The first-order valence-corrected chi connectivity index (χ1v) is 7.01. The zero-order valence-corrected chi connectivity index (χ0v) is 12.9. The fourth-order valence-corrected chi connectivity index (χ4v) is 2.19. The maximum atomic E-state index is 6.05. The van der Waals surface area contributed by atoms with Gasteiger partial charge in [0.15, 0.2) is 0 Å². The lowest BCUT2D eigenvalue weighted by molar-refractivity contribution is 0.906. The summed E-state index contributed by atoms with van der Waals surface area (Å²) in [6.07, 6.45) is 4.92. The molecule has 2 aromatic heterocycles. The SMILES string of the molecule is Nc1nc(Nc2cccc(Cl)c2Br)nc(-n2ccnc2)n1. The van der Waals surface area contributed by atoms with E-state index in [1.54, 1.807) is 29.4 Å². The first kappa shape index (κ1) is 13.8. The lowest BCUT2D eigenvalue weighted by Gasteiger charge is -2.09. The Kier molecular flexibility index (Phi) is 3.72. The Morgan fingerprint density at radius 3 is 2.86 bits per heavy atom. The Hall–Kier alpha value is -2.19. The van der Waals surface area contributed by atoms with E-state index in [0.29, 0.717) is 16.9 Å². The Morgan fingerprint density at radius 1 is 1.24 bits per heavy atom. The summed E-state index contributed by atoms with van der Waals surface area (Å²) in [6, 6.07) is 5.43. The fourth-order valence-electron chi connectivity index (χ4n) is 1.65. The number of nitrogen functional groups attached to an aromatic ring is 1. The van der Waals surface area contributed by atoms with E-state index in [4.69, 9.17) is 17.3 Å². The molecule has 0 bridgehead atoms. The second-order valence-electron chi connectivity index (χ2n) is 4.01. The molecule has 106 valence electrons. The van der Waals surface area contributed by atoms with Crippen molar-refractivity contribution in [2.24, 2.45) is 0 Å². The molecule has 0 aliphatic heterocycles. The summed E-state index contributed by atoms with van der Waals surface area (Å²) in [5.41, 5.74) is 6.44. The number of hydrogen-bond donors (Lipinski definition) is 2. The smallest absolute Gasteiger partial charge is 0.241 e. The van der Waals surface area contributed by atoms with Crippen molar-refractivity contribution in [2.75, 3.05) is 11.1 Å². The first-order chi connectivity index (χ1) is 10.1. The fraction of sp³-hybridized carbons (Fsp3) is 0. The summed E-state index contributed by atoms with van der Waals surface area (Å²) in [5.74, 6) is 0.796. The second-order valence-corrected chi connectivity index (χ2v) is 5.21. The summed E-state index contributed by atoms with van der Waals surface area (Å²) in [5, 5.41) is 3.63. The molecule has 0 aliphatic carbocycles. The van der Waals surface area contributed by atoms with Crippen LogP contribution in [0.3, 0.4) is 0 Å². The van der Waals surface area contributed by atoms with Gasteiger partial charge >= 0.3 is 0 Å². The van der Waals surface area contributed by atoms with Gasteiger partial charge in [-0.2, -0.15) is 15.0 Å². The van der Waals surface area contributed by atoms with Crippen molar-refractivity contribution in [1.29, 1.82) is 0 Å². The average Bonchev–Trinajstić information content (AvgIpc) is 2.97. The first-order valence-electron chi connectivity index (χ1n) is 5.84. The topological polar surface area (TPSA) is 94.5 Å². The number of imidazole rings is 1. The van der Waals surface area contributed by atoms with Crippen molar-refractivity contribution in [3.05, 3.63) is 46.4 Å². The highest BCUT2D eigenvalue weighted by molar-refractivity contribution is 9.10. The molecular formula is C12H9BrClN7. The summed E-state index contributed by atoms with van der Waals surface area (Å²) >= 11 is 9.45. The van der Waals surface area contributed by atoms with Crippen molar-refractivity contribution in [3.8, 4) is 5.95 Å². The van der Waals surface area contributed by atoms with Gasteiger partial charge in [0.25, 0.3) is 0 Å². The predicted molar refractivity (Wildman–Crippen MR) is 83.8 cm³/mol. The molecule has 0 atom stereocenters. The van der Waals surface area contributed by atoms with Crippen molar-refractivity contribution in [2.45, 2.75) is 0 Å². The average molecular weight is 367 g/mol. The van der Waals surface area contributed by atoms with Gasteiger partial charge in [-0.25, -0.2) is 4.98 Å². The van der Waals surface area contributed by atoms with E-state index in [9.17, 15) is 0 Å². The highest BCUT2D eigenvalue weighted by atomic mass is 79.9. The van der Waals surface area contributed by atoms with Gasteiger partial charge in [-0.05, 0) is 28.1 Å². The number of benzene rings is 1. The molecule has 7 nitrogen and oxygen atoms in total. The number of aromatic nitrogens is 5. The van der Waals surface area contributed by atoms with Gasteiger partial charge in [0, 0.05) is 12.4 Å². The molecule has 0 fully saturated rings. The molecular weight excluding hydrogens is 358 g/mol. The van der Waals surface area contributed by atoms with Gasteiger partial charge in [0.2, 0.25) is 17.8 Å². The highest BCUT2D eigenvalue weighted by Gasteiger charge is 2.09. The second kappa shape index (κ2) is 5.66. The molecule has 0 saturated heterocycles. The Balaban J connectivity index is 1.98. The number of rotatable bonds is 3. The maximum Gasteiger partial charge on any atom is 0.241 e. The third kappa shape index (κ3) is 2.96. The molecule has 3 rings (SSSR count). The maximum absolute atomic E-state index is 6.05. The van der Waals surface area contributed by atoms with Crippen LogP contribution in [-0.4, -0.2) is 24.5 Å². The highest BCUT2D eigenvalue weighted by Crippen LogP contribution is 2.31. The molecule has 3 aromatic rings. The quantitative estimate of drug-likeness (QED) is 0.740. The molecule has 0 amide bonds. The monoisotopic (exact) mass is 365 g/mol. The third-order valence-electron chi connectivity index (χ3n) is 2.57. The molecule has 0 spiro atoms. The van der Waals surface area contributed by atoms with Crippen LogP contribution >= 0.6 is 27.5 Å². The van der Waals surface area contributed by atoms with E-state index in [1.165, 1.54) is 0 Å². The number of halogens is 2. The lowest BCUT2D eigenvalue weighted by Crippen LogP contribution is -2.08. The standard InChI is InChI=1S/C12H9BrClN7/c13-9-7(14)2-1-3-8(9)17-11-18-10(15)19-12(20-11)21-5-4-16-6-21/h1-6H,(H3,15,17,18,19,20). The van der Waals surface area contributed by atoms with Gasteiger partial charge in [-0.15, -0.1) is 0 Å². The van der Waals surface area contributed by atoms with Crippen LogP contribution in [0, 0.1) is 0 Å². The Labute approximate surface area is 133 Å². The molecule has 3 N–H and O–H groups in total. The van der Waals surface area contributed by atoms with Crippen LogP contribution in [0.5, 0.6) is 0 Å². The normalized spacial score (nSPS) is 10.6. The zero-order valence-electron chi connectivity index (χ0n) is 10.5. The molecule has 0 aliphatic rings. The predicted octanol–water partition coefficient (Wildman–Crippen LogP) is 2.80.